The molecule has 2 aromatic rings. The lowest BCUT2D eigenvalue weighted by molar-refractivity contribution is -0.384. The normalized spacial score (nSPS) is 16.0. The summed E-state index contributed by atoms with van der Waals surface area (Å²) in [6.07, 6.45) is 1.58. The van der Waals surface area contributed by atoms with Crippen LogP contribution in [-0.2, 0) is 10.0 Å². The Morgan fingerprint density at radius 3 is 2.30 bits per heavy atom. The highest BCUT2D eigenvalue weighted by Crippen LogP contribution is 2.30. The molecule has 0 aromatic heterocycles. The summed E-state index contributed by atoms with van der Waals surface area (Å²) in [5.41, 5.74) is 1.41. The Bertz CT molecular complexity index is 956. The molecular weight excluding hydrogens is 390 g/mol. The van der Waals surface area contributed by atoms with E-state index >= 15 is 0 Å². The third-order valence-electron chi connectivity index (χ3n) is 4.31. The molecule has 1 heterocycles. The van der Waals surface area contributed by atoms with Gasteiger partial charge in [0.05, 0.1) is 15.6 Å². The number of halogens is 1. The number of nitrogens with zero attached hydrogens (tertiary/aromatic N) is 3. The second kappa shape index (κ2) is 8.08. The molecule has 142 valence electrons. The largest absolute Gasteiger partial charge is 0.368 e. The fourth-order valence-corrected chi connectivity index (χ4v) is 4.33. The second-order valence-corrected chi connectivity index (χ2v) is 8.26. The van der Waals surface area contributed by atoms with Gasteiger partial charge in [-0.05, 0) is 17.7 Å². The Hall–Kier alpha value is -2.42. The molecule has 0 aliphatic carbocycles. The van der Waals surface area contributed by atoms with E-state index < -0.39 is 14.9 Å². The SMILES string of the molecule is O=[N+]([O-])c1ccc(N2CCN(S(=O)(=O)C=Cc3ccccc3)CC2)c(Cl)c1. The van der Waals surface area contributed by atoms with Crippen LogP contribution in [-0.4, -0.2) is 43.8 Å². The minimum absolute atomic E-state index is 0.0731. The molecule has 1 fully saturated rings. The quantitative estimate of drug-likeness (QED) is 0.560. The van der Waals surface area contributed by atoms with Gasteiger partial charge in [0.2, 0.25) is 10.0 Å². The van der Waals surface area contributed by atoms with Gasteiger partial charge in [-0.1, -0.05) is 41.9 Å². The van der Waals surface area contributed by atoms with E-state index in [1.54, 1.807) is 12.1 Å². The number of nitro benzene ring substituents is 1. The van der Waals surface area contributed by atoms with Gasteiger partial charge < -0.3 is 4.90 Å². The van der Waals surface area contributed by atoms with Gasteiger partial charge in [-0.25, -0.2) is 8.42 Å². The van der Waals surface area contributed by atoms with Gasteiger partial charge >= 0.3 is 0 Å². The van der Waals surface area contributed by atoms with Crippen LogP contribution in [0.1, 0.15) is 5.56 Å². The van der Waals surface area contributed by atoms with Gasteiger partial charge in [0, 0.05) is 43.7 Å². The van der Waals surface area contributed by atoms with Crippen LogP contribution < -0.4 is 4.90 Å². The number of hydrogen-bond donors (Lipinski definition) is 0. The molecule has 0 N–H and O–H groups in total. The molecule has 0 spiro atoms. The standard InChI is InChI=1S/C18H18ClN3O4S/c19-17-14-16(22(23)24)6-7-18(17)20-9-11-21(12-10-20)27(25,26)13-8-15-4-2-1-3-5-15/h1-8,13-14H,9-12H2. The van der Waals surface area contributed by atoms with E-state index in [1.165, 1.54) is 21.8 Å². The van der Waals surface area contributed by atoms with Crippen molar-refractivity contribution < 1.29 is 13.3 Å². The second-order valence-electron chi connectivity index (χ2n) is 6.04. The van der Waals surface area contributed by atoms with Gasteiger partial charge in [0.25, 0.3) is 5.69 Å². The summed E-state index contributed by atoms with van der Waals surface area (Å²) in [5.74, 6) is 0. The first-order chi connectivity index (χ1) is 12.9. The van der Waals surface area contributed by atoms with Crippen molar-refractivity contribution in [2.75, 3.05) is 31.1 Å². The van der Waals surface area contributed by atoms with Gasteiger partial charge in [0.15, 0.2) is 0 Å². The molecule has 0 amide bonds. The molecule has 27 heavy (non-hydrogen) atoms. The Morgan fingerprint density at radius 2 is 1.70 bits per heavy atom. The van der Waals surface area contributed by atoms with Crippen LogP contribution >= 0.6 is 11.6 Å². The maximum atomic E-state index is 12.5. The van der Waals surface area contributed by atoms with Gasteiger partial charge in [-0.2, -0.15) is 4.31 Å². The smallest absolute Gasteiger partial charge is 0.271 e. The predicted molar refractivity (Wildman–Crippen MR) is 106 cm³/mol. The summed E-state index contributed by atoms with van der Waals surface area (Å²) in [6.45, 7) is 1.54. The summed E-state index contributed by atoms with van der Waals surface area (Å²) >= 11 is 6.16. The minimum Gasteiger partial charge on any atom is -0.368 e. The highest BCUT2D eigenvalue weighted by atomic mass is 35.5. The maximum absolute atomic E-state index is 12.5. The minimum atomic E-state index is -3.51. The Balaban J connectivity index is 1.66. The van der Waals surface area contributed by atoms with E-state index in [2.05, 4.69) is 0 Å². The van der Waals surface area contributed by atoms with E-state index in [0.717, 1.165) is 5.56 Å². The Kier molecular flexibility index (Phi) is 5.79. The number of piperazine rings is 1. The maximum Gasteiger partial charge on any atom is 0.271 e. The summed E-state index contributed by atoms with van der Waals surface area (Å²) in [6, 6.07) is 13.5. The lowest BCUT2D eigenvalue weighted by Crippen LogP contribution is -2.48. The topological polar surface area (TPSA) is 83.8 Å². The van der Waals surface area contributed by atoms with Crippen molar-refractivity contribution in [3.8, 4) is 0 Å². The number of nitro groups is 1. The van der Waals surface area contributed by atoms with E-state index in [-0.39, 0.29) is 10.7 Å². The molecule has 0 saturated carbocycles. The zero-order valence-electron chi connectivity index (χ0n) is 14.4. The van der Waals surface area contributed by atoms with Crippen molar-refractivity contribution >= 4 is 39.1 Å². The molecule has 0 unspecified atom stereocenters. The lowest BCUT2D eigenvalue weighted by Gasteiger charge is -2.35. The first kappa shape index (κ1) is 19.3. The average molecular weight is 408 g/mol. The Morgan fingerprint density at radius 1 is 1.04 bits per heavy atom. The van der Waals surface area contributed by atoms with Crippen molar-refractivity contribution in [2.45, 2.75) is 0 Å². The number of rotatable bonds is 5. The van der Waals surface area contributed by atoms with E-state index in [9.17, 15) is 18.5 Å². The fraction of sp³-hybridized carbons (Fsp3) is 0.222. The highest BCUT2D eigenvalue weighted by molar-refractivity contribution is 7.92. The first-order valence-corrected chi connectivity index (χ1v) is 10.2. The number of anilines is 1. The van der Waals surface area contributed by atoms with Gasteiger partial charge in [-0.15, -0.1) is 0 Å². The van der Waals surface area contributed by atoms with Crippen molar-refractivity contribution in [2.24, 2.45) is 0 Å². The van der Waals surface area contributed by atoms with Gasteiger partial charge in [-0.3, -0.25) is 10.1 Å². The molecule has 0 atom stereocenters. The number of non-ortho nitro benzene ring substituents is 1. The van der Waals surface area contributed by atoms with Crippen LogP contribution in [0.5, 0.6) is 0 Å². The summed E-state index contributed by atoms with van der Waals surface area (Å²) in [5, 5.41) is 12.3. The molecule has 0 bridgehead atoms. The average Bonchev–Trinajstić information content (AvgIpc) is 2.67. The van der Waals surface area contributed by atoms with Crippen molar-refractivity contribution in [3.05, 3.63) is 74.6 Å². The summed E-state index contributed by atoms with van der Waals surface area (Å²) < 4.78 is 26.4. The van der Waals surface area contributed by atoms with Crippen molar-refractivity contribution in [3.63, 3.8) is 0 Å². The molecular formula is C18H18ClN3O4S. The molecule has 0 radical (unpaired) electrons. The van der Waals surface area contributed by atoms with Crippen LogP contribution in [0.2, 0.25) is 5.02 Å². The Labute approximate surface area is 162 Å². The first-order valence-electron chi connectivity index (χ1n) is 8.29. The van der Waals surface area contributed by atoms with Crippen LogP contribution in [0.15, 0.2) is 53.9 Å². The molecule has 2 aromatic carbocycles. The third kappa shape index (κ3) is 4.65. The number of benzene rings is 2. The molecule has 1 aliphatic rings. The molecule has 1 saturated heterocycles. The van der Waals surface area contributed by atoms with E-state index in [1.807, 2.05) is 35.2 Å². The van der Waals surface area contributed by atoms with Crippen LogP contribution in [0.25, 0.3) is 6.08 Å². The van der Waals surface area contributed by atoms with Crippen LogP contribution in [0.4, 0.5) is 11.4 Å². The monoisotopic (exact) mass is 407 g/mol. The van der Waals surface area contributed by atoms with Crippen molar-refractivity contribution in [1.82, 2.24) is 4.31 Å². The van der Waals surface area contributed by atoms with Crippen LogP contribution in [0.3, 0.4) is 0 Å². The van der Waals surface area contributed by atoms with Crippen LogP contribution in [0, 0.1) is 10.1 Å². The molecule has 3 rings (SSSR count). The van der Waals surface area contributed by atoms with Gasteiger partial charge in [0.1, 0.15) is 0 Å². The summed E-state index contributed by atoms with van der Waals surface area (Å²) in [7, 11) is -3.51. The zero-order chi connectivity index (χ0) is 19.4. The highest BCUT2D eigenvalue weighted by Gasteiger charge is 2.26. The number of hydrogen-bond acceptors (Lipinski definition) is 5. The third-order valence-corrected chi connectivity index (χ3v) is 6.18. The predicted octanol–water partition coefficient (Wildman–Crippen LogP) is 3.37. The lowest BCUT2D eigenvalue weighted by atomic mass is 10.2. The zero-order valence-corrected chi connectivity index (χ0v) is 15.9. The summed E-state index contributed by atoms with van der Waals surface area (Å²) in [4.78, 5) is 12.2. The number of sulfonamides is 1. The fourth-order valence-electron chi connectivity index (χ4n) is 2.86. The molecule has 7 nitrogen and oxygen atoms in total. The molecule has 9 heteroatoms. The van der Waals surface area contributed by atoms with E-state index in [4.69, 9.17) is 11.6 Å². The van der Waals surface area contributed by atoms with Crippen molar-refractivity contribution in [1.29, 1.82) is 0 Å². The molecule has 1 aliphatic heterocycles. The van der Waals surface area contributed by atoms with E-state index in [0.29, 0.717) is 31.9 Å².